The highest BCUT2D eigenvalue weighted by atomic mass is 32.2. The number of anilines is 1. The molecule has 29 heavy (non-hydrogen) atoms. The Bertz CT molecular complexity index is 971. The van der Waals surface area contributed by atoms with Crippen LogP contribution in [0.25, 0.3) is 0 Å². The van der Waals surface area contributed by atoms with Gasteiger partial charge in [0.25, 0.3) is 11.8 Å². The van der Waals surface area contributed by atoms with Crippen LogP contribution in [0.1, 0.15) is 37.5 Å². The lowest BCUT2D eigenvalue weighted by molar-refractivity contribution is -0.120. The Morgan fingerprint density at radius 1 is 1.10 bits per heavy atom. The second-order valence-electron chi connectivity index (χ2n) is 6.35. The Hall–Kier alpha value is -3.33. The minimum atomic E-state index is -1.22. The van der Waals surface area contributed by atoms with E-state index < -0.39 is 35.5 Å². The van der Waals surface area contributed by atoms with Gasteiger partial charge >= 0.3 is 5.97 Å². The van der Waals surface area contributed by atoms with Crippen molar-refractivity contribution in [2.75, 3.05) is 17.3 Å². The molecule has 1 heterocycles. The topological polar surface area (TPSA) is 124 Å². The molecule has 1 atom stereocenters. The number of imide groups is 1. The summed E-state index contributed by atoms with van der Waals surface area (Å²) in [7, 11) is 0. The van der Waals surface area contributed by atoms with Crippen molar-refractivity contribution in [3.8, 4) is 5.75 Å². The van der Waals surface area contributed by atoms with Crippen molar-refractivity contribution in [3.05, 3.63) is 59.2 Å². The normalized spacial score (nSPS) is 13.9. The number of fused-ring (bicyclic) bond motifs is 1. The number of carboxylic acids is 1. The summed E-state index contributed by atoms with van der Waals surface area (Å²) in [5.74, 6) is -2.86. The monoisotopic (exact) mass is 414 g/mol. The number of phenols is 1. The number of carbonyl (C=O) groups excluding carboxylic acids is 3. The molecule has 3 amide bonds. The van der Waals surface area contributed by atoms with E-state index in [1.807, 2.05) is 6.26 Å². The predicted octanol–water partition coefficient (Wildman–Crippen LogP) is 2.45. The standard InChI is InChI=1S/C20H18N2O6S/c1-29-9-8-15(22-18(25)12-4-2-3-5-13(12)19(22)26)17(24)21-14-7-6-11(20(27)28)10-16(14)23/h2-7,10,15,23H,8-9H2,1H3,(H,21,24)(H,27,28). The Morgan fingerprint density at radius 3 is 2.24 bits per heavy atom. The number of aromatic hydroxyl groups is 1. The minimum absolute atomic E-state index is 0.00855. The van der Waals surface area contributed by atoms with Gasteiger partial charge in [-0.05, 0) is 48.8 Å². The van der Waals surface area contributed by atoms with Crippen LogP contribution in [0.3, 0.4) is 0 Å². The first-order valence-corrected chi connectivity index (χ1v) is 10.1. The molecule has 2 aromatic rings. The van der Waals surface area contributed by atoms with Crippen LogP contribution in [0.2, 0.25) is 0 Å². The first-order chi connectivity index (χ1) is 13.8. The fourth-order valence-corrected chi connectivity index (χ4v) is 3.54. The maximum absolute atomic E-state index is 12.9. The largest absolute Gasteiger partial charge is 0.506 e. The van der Waals surface area contributed by atoms with Crippen molar-refractivity contribution in [1.29, 1.82) is 0 Å². The number of carbonyl (C=O) groups is 4. The van der Waals surface area contributed by atoms with Gasteiger partial charge < -0.3 is 15.5 Å². The molecule has 3 rings (SSSR count). The summed E-state index contributed by atoms with van der Waals surface area (Å²) in [5, 5.41) is 21.5. The van der Waals surface area contributed by atoms with Gasteiger partial charge in [0, 0.05) is 0 Å². The lowest BCUT2D eigenvalue weighted by Crippen LogP contribution is -2.47. The van der Waals surface area contributed by atoms with E-state index in [4.69, 9.17) is 5.11 Å². The molecule has 0 saturated carbocycles. The molecule has 0 bridgehead atoms. The fourth-order valence-electron chi connectivity index (χ4n) is 3.08. The van der Waals surface area contributed by atoms with E-state index in [-0.39, 0.29) is 28.8 Å². The van der Waals surface area contributed by atoms with Crippen LogP contribution in [0, 0.1) is 0 Å². The van der Waals surface area contributed by atoms with E-state index in [1.165, 1.54) is 36.0 Å². The van der Waals surface area contributed by atoms with Crippen molar-refractivity contribution in [2.24, 2.45) is 0 Å². The molecule has 0 saturated heterocycles. The summed E-state index contributed by atoms with van der Waals surface area (Å²) >= 11 is 1.46. The van der Waals surface area contributed by atoms with Crippen LogP contribution in [-0.2, 0) is 4.79 Å². The molecule has 1 aliphatic rings. The molecule has 0 aromatic heterocycles. The second kappa shape index (κ2) is 8.36. The summed E-state index contributed by atoms with van der Waals surface area (Å²) in [6, 6.07) is 8.79. The Morgan fingerprint density at radius 2 is 1.72 bits per heavy atom. The summed E-state index contributed by atoms with van der Waals surface area (Å²) in [5.41, 5.74) is 0.340. The molecule has 3 N–H and O–H groups in total. The van der Waals surface area contributed by atoms with Crippen LogP contribution < -0.4 is 5.32 Å². The predicted molar refractivity (Wildman–Crippen MR) is 107 cm³/mol. The van der Waals surface area contributed by atoms with Crippen molar-refractivity contribution in [1.82, 2.24) is 4.90 Å². The maximum Gasteiger partial charge on any atom is 0.335 e. The molecule has 2 aromatic carbocycles. The molecular formula is C20H18N2O6S. The SMILES string of the molecule is CSCCC(C(=O)Nc1ccc(C(=O)O)cc1O)N1C(=O)c2ccccc2C1=O. The van der Waals surface area contributed by atoms with Gasteiger partial charge in [0.1, 0.15) is 11.8 Å². The van der Waals surface area contributed by atoms with Gasteiger partial charge in [0.05, 0.1) is 22.4 Å². The molecule has 150 valence electrons. The van der Waals surface area contributed by atoms with Crippen LogP contribution in [0.5, 0.6) is 5.75 Å². The number of benzene rings is 2. The number of aromatic carboxylic acids is 1. The average molecular weight is 414 g/mol. The number of hydrogen-bond acceptors (Lipinski definition) is 6. The first-order valence-electron chi connectivity index (χ1n) is 8.68. The van der Waals surface area contributed by atoms with Gasteiger partial charge in [-0.3, -0.25) is 19.3 Å². The lowest BCUT2D eigenvalue weighted by atomic mass is 10.1. The molecule has 0 radical (unpaired) electrons. The highest BCUT2D eigenvalue weighted by Crippen LogP contribution is 2.29. The second-order valence-corrected chi connectivity index (χ2v) is 7.34. The number of thioether (sulfide) groups is 1. The lowest BCUT2D eigenvalue weighted by Gasteiger charge is -2.25. The Balaban J connectivity index is 1.88. The van der Waals surface area contributed by atoms with E-state index in [1.54, 1.807) is 12.1 Å². The van der Waals surface area contributed by atoms with Crippen molar-refractivity contribution >= 4 is 41.1 Å². The number of hydrogen-bond donors (Lipinski definition) is 3. The first kappa shape index (κ1) is 20.4. The van der Waals surface area contributed by atoms with E-state index in [2.05, 4.69) is 5.32 Å². The third kappa shape index (κ3) is 3.95. The maximum atomic E-state index is 12.9. The van der Waals surface area contributed by atoms with Gasteiger partial charge in [-0.1, -0.05) is 12.1 Å². The minimum Gasteiger partial charge on any atom is -0.506 e. The summed E-state index contributed by atoms with van der Waals surface area (Å²) < 4.78 is 0. The number of amides is 3. The van der Waals surface area contributed by atoms with Crippen molar-refractivity contribution in [2.45, 2.75) is 12.5 Å². The van der Waals surface area contributed by atoms with Crippen LogP contribution in [0.15, 0.2) is 42.5 Å². The van der Waals surface area contributed by atoms with Gasteiger partial charge in [-0.2, -0.15) is 11.8 Å². The summed E-state index contributed by atoms with van der Waals surface area (Å²) in [4.78, 5) is 50.4. The van der Waals surface area contributed by atoms with Crippen LogP contribution >= 0.6 is 11.8 Å². The van der Waals surface area contributed by atoms with Gasteiger partial charge in [-0.25, -0.2) is 4.79 Å². The number of phenolic OH excluding ortho intramolecular Hbond substituents is 1. The molecule has 0 aliphatic carbocycles. The highest BCUT2D eigenvalue weighted by Gasteiger charge is 2.42. The third-order valence-corrected chi connectivity index (χ3v) is 5.18. The summed E-state index contributed by atoms with van der Waals surface area (Å²) in [6.07, 6.45) is 2.07. The third-order valence-electron chi connectivity index (χ3n) is 4.54. The molecule has 1 aliphatic heterocycles. The van der Waals surface area contributed by atoms with E-state index in [9.17, 15) is 24.3 Å². The van der Waals surface area contributed by atoms with Gasteiger partial charge in [0.15, 0.2) is 0 Å². The Labute approximate surface area is 170 Å². The van der Waals surface area contributed by atoms with Crippen LogP contribution in [-0.4, -0.2) is 56.9 Å². The number of nitrogens with zero attached hydrogens (tertiary/aromatic N) is 1. The van der Waals surface area contributed by atoms with E-state index in [0.29, 0.717) is 5.75 Å². The number of rotatable bonds is 7. The van der Waals surface area contributed by atoms with Crippen molar-refractivity contribution in [3.63, 3.8) is 0 Å². The number of carboxylic acid groups (broad SMARTS) is 1. The van der Waals surface area contributed by atoms with Gasteiger partial charge in [0.2, 0.25) is 5.91 Å². The van der Waals surface area contributed by atoms with Gasteiger partial charge in [-0.15, -0.1) is 0 Å². The average Bonchev–Trinajstić information content (AvgIpc) is 2.95. The molecule has 8 nitrogen and oxygen atoms in total. The zero-order valence-corrected chi connectivity index (χ0v) is 16.2. The zero-order chi connectivity index (χ0) is 21.1. The van der Waals surface area contributed by atoms with Crippen LogP contribution in [0.4, 0.5) is 5.69 Å². The quantitative estimate of drug-likeness (QED) is 0.469. The van der Waals surface area contributed by atoms with E-state index >= 15 is 0 Å². The summed E-state index contributed by atoms with van der Waals surface area (Å²) in [6.45, 7) is 0. The molecule has 1 unspecified atom stereocenters. The molecule has 0 fully saturated rings. The molecule has 9 heteroatoms. The number of nitrogens with one attached hydrogen (secondary N) is 1. The Kier molecular flexibility index (Phi) is 5.88. The van der Waals surface area contributed by atoms with E-state index in [0.717, 1.165) is 11.0 Å². The molecule has 0 spiro atoms. The highest BCUT2D eigenvalue weighted by molar-refractivity contribution is 7.98. The molecular weight excluding hydrogens is 396 g/mol. The smallest absolute Gasteiger partial charge is 0.335 e. The fraction of sp³-hybridized carbons (Fsp3) is 0.200. The zero-order valence-electron chi connectivity index (χ0n) is 15.4. The van der Waals surface area contributed by atoms with Crippen molar-refractivity contribution < 1.29 is 29.4 Å².